The van der Waals surface area contributed by atoms with Crippen LogP contribution in [0.4, 0.5) is 43.9 Å². The van der Waals surface area contributed by atoms with Crippen molar-refractivity contribution in [2.24, 2.45) is 0 Å². The lowest BCUT2D eigenvalue weighted by Gasteiger charge is -2.32. The summed E-state index contributed by atoms with van der Waals surface area (Å²) in [6.45, 7) is 0. The summed E-state index contributed by atoms with van der Waals surface area (Å²) in [5.41, 5.74) is 0. The molecule has 0 radical (unpaired) electrons. The lowest BCUT2D eigenvalue weighted by molar-refractivity contribution is -0.382. The summed E-state index contributed by atoms with van der Waals surface area (Å²) < 4.78 is 152. The molecule has 0 amide bonds. The topological polar surface area (TPSA) is 43.4 Å². The zero-order valence-electron chi connectivity index (χ0n) is 10.7. The average molecular weight is 394 g/mol. The van der Waals surface area contributed by atoms with Crippen LogP contribution >= 0.6 is 0 Å². The zero-order valence-corrected chi connectivity index (χ0v) is 11.5. The number of rotatable bonds is 5. The lowest BCUT2D eigenvalue weighted by Crippen LogP contribution is -2.63. The molecule has 0 aliphatic heterocycles. The van der Waals surface area contributed by atoms with E-state index >= 15 is 0 Å². The average Bonchev–Trinajstić information content (AvgIpc) is 2.36. The van der Waals surface area contributed by atoms with E-state index in [4.69, 9.17) is 0 Å². The van der Waals surface area contributed by atoms with E-state index in [2.05, 4.69) is 4.18 Å². The molecule has 0 saturated carbocycles. The fraction of sp³-hybridized carbons (Fsp3) is 0.400. The highest BCUT2D eigenvalue weighted by Gasteiger charge is 2.86. The van der Waals surface area contributed by atoms with Gasteiger partial charge in [0.25, 0.3) is 0 Å². The van der Waals surface area contributed by atoms with Gasteiger partial charge in [0.05, 0.1) is 0 Å². The first-order valence-corrected chi connectivity index (χ1v) is 6.78. The van der Waals surface area contributed by atoms with Crippen LogP contribution in [0.2, 0.25) is 0 Å². The number of alkyl halides is 9. The summed E-state index contributed by atoms with van der Waals surface area (Å²) in [5, 5.41) is -6.99. The molecular formula is C10H4F10O3S. The maximum absolute atomic E-state index is 13.3. The highest BCUT2D eigenvalue weighted by Crippen LogP contribution is 2.54. The normalized spacial score (nSPS) is 14.6. The molecule has 1 rings (SSSR count). The summed E-state index contributed by atoms with van der Waals surface area (Å²) in [7, 11) is -7.06. The van der Waals surface area contributed by atoms with Crippen molar-refractivity contribution in [1.82, 2.24) is 0 Å². The van der Waals surface area contributed by atoms with E-state index in [9.17, 15) is 52.3 Å². The first-order chi connectivity index (χ1) is 10.5. The monoisotopic (exact) mass is 394 g/mol. The molecule has 0 aliphatic rings. The Balaban J connectivity index is 3.35. The first kappa shape index (κ1) is 20.3. The molecule has 14 heteroatoms. The predicted molar refractivity (Wildman–Crippen MR) is 56.8 cm³/mol. The van der Waals surface area contributed by atoms with Gasteiger partial charge in [-0.1, -0.05) is 6.07 Å². The minimum atomic E-state index is -7.41. The number of hydrogen-bond donors (Lipinski definition) is 0. The van der Waals surface area contributed by atoms with Crippen LogP contribution in [0.5, 0.6) is 5.75 Å². The van der Waals surface area contributed by atoms with E-state index in [0.717, 1.165) is 0 Å². The smallest absolute Gasteiger partial charge is 0.378 e. The summed E-state index contributed by atoms with van der Waals surface area (Å²) in [4.78, 5) is 0. The predicted octanol–water partition coefficient (Wildman–Crippen LogP) is 3.96. The number of hydrogen-bond acceptors (Lipinski definition) is 3. The Morgan fingerprint density at radius 1 is 0.833 bits per heavy atom. The van der Waals surface area contributed by atoms with Crippen molar-refractivity contribution in [3.63, 3.8) is 0 Å². The van der Waals surface area contributed by atoms with Gasteiger partial charge in [-0.15, -0.1) is 0 Å². The van der Waals surface area contributed by atoms with Crippen molar-refractivity contribution < 1.29 is 56.5 Å². The second kappa shape index (κ2) is 5.67. The van der Waals surface area contributed by atoms with Gasteiger partial charge in [0.15, 0.2) is 0 Å². The minimum Gasteiger partial charge on any atom is -0.378 e. The van der Waals surface area contributed by atoms with Gasteiger partial charge < -0.3 is 4.18 Å². The van der Waals surface area contributed by atoms with Crippen LogP contribution in [0, 0.1) is 5.82 Å². The highest BCUT2D eigenvalue weighted by molar-refractivity contribution is 7.88. The molecule has 24 heavy (non-hydrogen) atoms. The summed E-state index contributed by atoms with van der Waals surface area (Å²) in [6.07, 6.45) is -7.19. The quantitative estimate of drug-likeness (QED) is 0.561. The standard InChI is InChI=1S/C10H4F10O3S/c11-5-2-1-3-6(4-5)23-24(21,22)10(19,20)8(14,15)7(12,13)9(16,17)18/h1-4H. The fourth-order valence-electron chi connectivity index (χ4n) is 1.22. The molecule has 0 unspecified atom stereocenters. The molecule has 1 aromatic rings. The summed E-state index contributed by atoms with van der Waals surface area (Å²) in [5.74, 6) is -17.5. The van der Waals surface area contributed by atoms with Crippen LogP contribution in [0.25, 0.3) is 0 Å². The van der Waals surface area contributed by atoms with E-state index in [-0.39, 0.29) is 6.07 Å². The summed E-state index contributed by atoms with van der Waals surface area (Å²) >= 11 is 0. The van der Waals surface area contributed by atoms with E-state index < -0.39 is 45.0 Å². The Morgan fingerprint density at radius 2 is 1.33 bits per heavy atom. The maximum atomic E-state index is 13.3. The number of benzene rings is 1. The number of halogens is 10. The molecule has 0 atom stereocenters. The molecule has 0 saturated heterocycles. The molecule has 0 fully saturated rings. The van der Waals surface area contributed by atoms with Gasteiger partial charge in [0.1, 0.15) is 11.6 Å². The van der Waals surface area contributed by atoms with Gasteiger partial charge in [-0.25, -0.2) is 4.39 Å². The van der Waals surface area contributed by atoms with Crippen molar-refractivity contribution in [1.29, 1.82) is 0 Å². The van der Waals surface area contributed by atoms with Crippen LogP contribution in [0.1, 0.15) is 0 Å². The van der Waals surface area contributed by atoms with Crippen molar-refractivity contribution in [2.45, 2.75) is 23.3 Å². The van der Waals surface area contributed by atoms with Crippen LogP contribution in [-0.2, 0) is 10.1 Å². The SMILES string of the molecule is O=S(=O)(Oc1cccc(F)c1)C(F)(F)C(F)(F)C(F)(F)C(F)(F)F. The third kappa shape index (κ3) is 3.10. The van der Waals surface area contributed by atoms with Gasteiger partial charge in [0, 0.05) is 6.07 Å². The van der Waals surface area contributed by atoms with Gasteiger partial charge in [-0.3, -0.25) is 0 Å². The molecule has 0 bridgehead atoms. The van der Waals surface area contributed by atoms with Crippen molar-refractivity contribution >= 4 is 10.1 Å². The molecule has 1 aromatic carbocycles. The van der Waals surface area contributed by atoms with Gasteiger partial charge >= 0.3 is 33.4 Å². The van der Waals surface area contributed by atoms with Gasteiger partial charge in [-0.05, 0) is 12.1 Å². The van der Waals surface area contributed by atoms with E-state index in [1.165, 1.54) is 0 Å². The molecule has 0 N–H and O–H groups in total. The second-order valence-corrected chi connectivity index (χ2v) is 5.75. The van der Waals surface area contributed by atoms with Crippen molar-refractivity contribution in [3.8, 4) is 5.75 Å². The molecule has 138 valence electrons. The van der Waals surface area contributed by atoms with Crippen LogP contribution in [-0.4, -0.2) is 31.7 Å². The molecule has 0 aromatic heterocycles. The Kier molecular flexibility index (Phi) is 4.80. The van der Waals surface area contributed by atoms with Gasteiger partial charge in [0.2, 0.25) is 0 Å². The fourth-order valence-corrected chi connectivity index (χ4v) is 2.12. The van der Waals surface area contributed by atoms with Crippen LogP contribution < -0.4 is 4.18 Å². The van der Waals surface area contributed by atoms with E-state index in [0.29, 0.717) is 18.2 Å². The van der Waals surface area contributed by atoms with E-state index in [1.807, 2.05) is 0 Å². The molecule has 0 heterocycles. The summed E-state index contributed by atoms with van der Waals surface area (Å²) in [6, 6.07) is 1.86. The van der Waals surface area contributed by atoms with Gasteiger partial charge in [-0.2, -0.15) is 47.9 Å². The largest absolute Gasteiger partial charge is 0.460 e. The molecule has 3 nitrogen and oxygen atoms in total. The van der Waals surface area contributed by atoms with Crippen molar-refractivity contribution in [2.75, 3.05) is 0 Å². The molecule has 0 aliphatic carbocycles. The molecule has 0 spiro atoms. The first-order valence-electron chi connectivity index (χ1n) is 5.37. The lowest BCUT2D eigenvalue weighted by atomic mass is 10.1. The Bertz CT molecular complexity index is 710. The zero-order chi connectivity index (χ0) is 19.2. The second-order valence-electron chi connectivity index (χ2n) is 4.16. The maximum Gasteiger partial charge on any atom is 0.460 e. The third-order valence-corrected chi connectivity index (χ3v) is 3.73. The third-order valence-electron chi connectivity index (χ3n) is 2.43. The van der Waals surface area contributed by atoms with Crippen molar-refractivity contribution in [3.05, 3.63) is 30.1 Å². The Hall–Kier alpha value is -1.73. The molecular weight excluding hydrogens is 390 g/mol. The van der Waals surface area contributed by atoms with Crippen LogP contribution in [0.3, 0.4) is 0 Å². The Labute approximate surface area is 126 Å². The Morgan fingerprint density at radius 3 is 1.75 bits per heavy atom. The van der Waals surface area contributed by atoms with Crippen LogP contribution in [0.15, 0.2) is 24.3 Å². The highest BCUT2D eigenvalue weighted by atomic mass is 32.2. The van der Waals surface area contributed by atoms with E-state index in [1.54, 1.807) is 0 Å². The minimum absolute atomic E-state index is 0.0909.